The van der Waals surface area contributed by atoms with Gasteiger partial charge in [-0.2, -0.15) is 0 Å². The topological polar surface area (TPSA) is 6.48 Å². The molecule has 2 aliphatic carbocycles. The van der Waals surface area contributed by atoms with Crippen LogP contribution in [0, 0.1) is 0 Å². The van der Waals surface area contributed by atoms with E-state index in [2.05, 4.69) is 180 Å². The summed E-state index contributed by atoms with van der Waals surface area (Å²) in [5, 5.41) is 0. The minimum Gasteiger partial charge on any atom is -0.341 e. The number of aryl methyl sites for hydroxylation is 1. The van der Waals surface area contributed by atoms with Crippen LogP contribution < -0.4 is 9.80 Å². The van der Waals surface area contributed by atoms with Gasteiger partial charge in [-0.15, -0.1) is 0 Å². The summed E-state index contributed by atoms with van der Waals surface area (Å²) < 4.78 is 0. The quantitative estimate of drug-likeness (QED) is 0.163. The molecule has 0 radical (unpaired) electrons. The Hall–Kier alpha value is -5.77. The van der Waals surface area contributed by atoms with Crippen LogP contribution in [0.2, 0.25) is 0 Å². The SMILES string of the molecule is C(=Cc1ccc2c(c1)C1(CCCC1)c1cc(N3CCCc4ccccc43)ccc1-2)c1ccc(-c2ccc(N3c4ccccc4Sc4ccccc43)cc2)cc1. The maximum atomic E-state index is 2.56. The Kier molecular flexibility index (Phi) is 7.84. The molecule has 7 aromatic carbocycles. The van der Waals surface area contributed by atoms with Gasteiger partial charge in [0.15, 0.2) is 0 Å². The molecule has 0 N–H and O–H groups in total. The molecule has 3 heteroatoms. The predicted molar refractivity (Wildman–Crippen MR) is 233 cm³/mol. The number of hydrogen-bond acceptors (Lipinski definition) is 3. The summed E-state index contributed by atoms with van der Waals surface area (Å²) in [5.74, 6) is 0. The molecule has 266 valence electrons. The largest absolute Gasteiger partial charge is 0.341 e. The smallest absolute Gasteiger partial charge is 0.0601 e. The zero-order valence-corrected chi connectivity index (χ0v) is 31.7. The van der Waals surface area contributed by atoms with Crippen molar-refractivity contribution in [3.05, 3.63) is 186 Å². The second-order valence-corrected chi connectivity index (χ2v) is 16.7. The lowest BCUT2D eigenvalue weighted by molar-refractivity contribution is 0.549. The lowest BCUT2D eigenvalue weighted by Gasteiger charge is -2.33. The Labute approximate surface area is 328 Å². The maximum Gasteiger partial charge on any atom is 0.0601 e. The molecule has 1 fully saturated rings. The molecule has 11 rings (SSSR count). The lowest BCUT2D eigenvalue weighted by atomic mass is 9.76. The standard InChI is InChI=1S/C52H42N2S/c1-2-12-47-40(10-1)11-9-33-53(47)42-28-30-44-43-29-21-37(34-45(43)52(46(44)35-42)31-7-8-32-52)18-17-36-19-22-38(23-20-36)39-24-26-41(27-25-39)54-48-13-3-5-15-50(48)55-51-16-6-4-14-49(51)54/h1-6,10,12-30,34-35H,7-9,11,31-33H2. The Morgan fingerprint density at radius 3 is 1.78 bits per heavy atom. The summed E-state index contributed by atoms with van der Waals surface area (Å²) in [6, 6.07) is 58.9. The van der Waals surface area contributed by atoms with Crippen molar-refractivity contribution in [2.75, 3.05) is 16.3 Å². The molecule has 1 spiro atoms. The van der Waals surface area contributed by atoms with Gasteiger partial charge >= 0.3 is 0 Å². The number of fused-ring (bicyclic) bond motifs is 8. The van der Waals surface area contributed by atoms with E-state index in [4.69, 9.17) is 0 Å². The van der Waals surface area contributed by atoms with Crippen molar-refractivity contribution in [3.8, 4) is 22.3 Å². The molecule has 1 saturated carbocycles. The normalized spacial score (nSPS) is 16.1. The van der Waals surface area contributed by atoms with Crippen LogP contribution in [0.3, 0.4) is 0 Å². The van der Waals surface area contributed by atoms with Crippen LogP contribution in [-0.4, -0.2) is 6.54 Å². The Bertz CT molecular complexity index is 2570. The molecule has 2 aliphatic heterocycles. The molecule has 2 heterocycles. The third-order valence-electron chi connectivity index (χ3n) is 12.5. The van der Waals surface area contributed by atoms with Crippen LogP contribution in [0.5, 0.6) is 0 Å². The first kappa shape index (κ1) is 32.6. The van der Waals surface area contributed by atoms with Gasteiger partial charge in [0.2, 0.25) is 0 Å². The number of anilines is 5. The molecule has 0 saturated heterocycles. The molecular formula is C52H42N2S. The number of hydrogen-bond donors (Lipinski definition) is 0. The minimum atomic E-state index is 0.122. The average Bonchev–Trinajstić information content (AvgIpc) is 3.85. The molecular weight excluding hydrogens is 685 g/mol. The van der Waals surface area contributed by atoms with Crippen molar-refractivity contribution in [2.45, 2.75) is 53.7 Å². The van der Waals surface area contributed by atoms with E-state index in [1.807, 2.05) is 11.8 Å². The molecule has 0 unspecified atom stereocenters. The zero-order valence-electron chi connectivity index (χ0n) is 30.9. The lowest BCUT2D eigenvalue weighted by Crippen LogP contribution is -2.25. The summed E-state index contributed by atoms with van der Waals surface area (Å²) in [6.07, 6.45) is 12.0. The summed E-state index contributed by atoms with van der Waals surface area (Å²) in [7, 11) is 0. The molecule has 2 nitrogen and oxygen atoms in total. The van der Waals surface area contributed by atoms with E-state index in [1.165, 1.54) is 121 Å². The zero-order chi connectivity index (χ0) is 36.3. The monoisotopic (exact) mass is 726 g/mol. The summed E-state index contributed by atoms with van der Waals surface area (Å²) in [6.45, 7) is 1.08. The molecule has 4 aliphatic rings. The van der Waals surface area contributed by atoms with E-state index < -0.39 is 0 Å². The number of nitrogens with zero attached hydrogens (tertiary/aromatic N) is 2. The van der Waals surface area contributed by atoms with Gasteiger partial charge < -0.3 is 9.80 Å². The number of benzene rings is 7. The predicted octanol–water partition coefficient (Wildman–Crippen LogP) is 14.4. The van der Waals surface area contributed by atoms with E-state index in [0.717, 1.165) is 6.54 Å². The highest BCUT2D eigenvalue weighted by Gasteiger charge is 2.45. The Morgan fingerprint density at radius 1 is 0.491 bits per heavy atom. The van der Waals surface area contributed by atoms with Gasteiger partial charge in [0, 0.05) is 38.8 Å². The van der Waals surface area contributed by atoms with Crippen molar-refractivity contribution in [1.29, 1.82) is 0 Å². The molecule has 0 bridgehead atoms. The third kappa shape index (κ3) is 5.47. The minimum absolute atomic E-state index is 0.122. The fraction of sp³-hybridized carbons (Fsp3) is 0.154. The van der Waals surface area contributed by atoms with Gasteiger partial charge in [0.05, 0.1) is 11.4 Å². The summed E-state index contributed by atoms with van der Waals surface area (Å²) >= 11 is 1.85. The van der Waals surface area contributed by atoms with E-state index in [0.29, 0.717) is 0 Å². The van der Waals surface area contributed by atoms with Crippen LogP contribution in [0.1, 0.15) is 59.9 Å². The molecule has 0 atom stereocenters. The van der Waals surface area contributed by atoms with Crippen molar-refractivity contribution in [3.63, 3.8) is 0 Å². The third-order valence-corrected chi connectivity index (χ3v) is 13.6. The van der Waals surface area contributed by atoms with Crippen LogP contribution in [0.15, 0.2) is 168 Å². The second-order valence-electron chi connectivity index (χ2n) is 15.6. The van der Waals surface area contributed by atoms with E-state index >= 15 is 0 Å². The Morgan fingerprint density at radius 2 is 1.05 bits per heavy atom. The molecule has 0 aromatic heterocycles. The first-order valence-corrected chi connectivity index (χ1v) is 20.7. The second kappa shape index (κ2) is 13.2. The van der Waals surface area contributed by atoms with Gasteiger partial charge in [-0.3, -0.25) is 0 Å². The maximum absolute atomic E-state index is 2.56. The van der Waals surface area contributed by atoms with Crippen molar-refractivity contribution >= 4 is 52.4 Å². The van der Waals surface area contributed by atoms with Gasteiger partial charge in [-0.1, -0.05) is 140 Å². The van der Waals surface area contributed by atoms with Crippen LogP contribution in [0.25, 0.3) is 34.4 Å². The van der Waals surface area contributed by atoms with Gasteiger partial charge in [0.25, 0.3) is 0 Å². The molecule has 7 aromatic rings. The molecule has 0 amide bonds. The number of para-hydroxylation sites is 3. The summed E-state index contributed by atoms with van der Waals surface area (Å²) in [4.78, 5) is 7.51. The van der Waals surface area contributed by atoms with Crippen LogP contribution in [0.4, 0.5) is 28.4 Å². The van der Waals surface area contributed by atoms with E-state index in [-0.39, 0.29) is 5.41 Å². The van der Waals surface area contributed by atoms with Crippen molar-refractivity contribution in [2.24, 2.45) is 0 Å². The van der Waals surface area contributed by atoms with Gasteiger partial charge in [-0.05, 0) is 130 Å². The first-order valence-electron chi connectivity index (χ1n) is 19.9. The highest BCUT2D eigenvalue weighted by molar-refractivity contribution is 7.99. The Balaban J connectivity index is 0.843. The van der Waals surface area contributed by atoms with Crippen LogP contribution >= 0.6 is 11.8 Å². The van der Waals surface area contributed by atoms with E-state index in [1.54, 1.807) is 5.56 Å². The van der Waals surface area contributed by atoms with Crippen molar-refractivity contribution in [1.82, 2.24) is 0 Å². The van der Waals surface area contributed by atoms with E-state index in [9.17, 15) is 0 Å². The highest BCUT2D eigenvalue weighted by Crippen LogP contribution is 2.58. The summed E-state index contributed by atoms with van der Waals surface area (Å²) in [5.41, 5.74) is 18.9. The fourth-order valence-electron chi connectivity index (χ4n) is 9.86. The van der Waals surface area contributed by atoms with Gasteiger partial charge in [-0.25, -0.2) is 0 Å². The van der Waals surface area contributed by atoms with Crippen LogP contribution in [-0.2, 0) is 11.8 Å². The average molecular weight is 727 g/mol. The first-order chi connectivity index (χ1) is 27.2. The van der Waals surface area contributed by atoms with Crippen molar-refractivity contribution < 1.29 is 0 Å². The number of rotatable bonds is 5. The fourth-order valence-corrected chi connectivity index (χ4v) is 10.9. The molecule has 55 heavy (non-hydrogen) atoms. The highest BCUT2D eigenvalue weighted by atomic mass is 32.2. The van der Waals surface area contributed by atoms with Gasteiger partial charge in [0.1, 0.15) is 0 Å².